The molecule has 4 rings (SSSR count). The number of aryl methyl sites for hydroxylation is 2. The Labute approximate surface area is 191 Å². The van der Waals surface area contributed by atoms with Crippen molar-refractivity contribution in [3.05, 3.63) is 82.9 Å². The topological polar surface area (TPSA) is 59.2 Å². The Morgan fingerprint density at radius 1 is 0.968 bits per heavy atom. The highest BCUT2D eigenvalue weighted by molar-refractivity contribution is 7.94. The van der Waals surface area contributed by atoms with E-state index in [0.717, 1.165) is 27.5 Å². The molecule has 1 heterocycles. The Morgan fingerprint density at radius 2 is 1.74 bits per heavy atom. The Kier molecular flexibility index (Phi) is 6.51. The molecule has 0 aliphatic carbocycles. The van der Waals surface area contributed by atoms with Gasteiger partial charge in [0.05, 0.1) is 23.5 Å². The zero-order valence-corrected chi connectivity index (χ0v) is 19.0. The third kappa shape index (κ3) is 5.05. The third-order valence-corrected chi connectivity index (χ3v) is 5.70. The number of nitrogens with one attached hydrogen (secondary N) is 2. The number of rotatable bonds is 7. The lowest BCUT2D eigenvalue weighted by molar-refractivity contribution is 0.462. The molecule has 0 bridgehead atoms. The van der Waals surface area contributed by atoms with Crippen LogP contribution in [0.5, 0.6) is 11.6 Å². The summed E-state index contributed by atoms with van der Waals surface area (Å²) < 4.78 is 11.1. The number of hydrogen-bond acceptors (Lipinski definition) is 5. The van der Waals surface area contributed by atoms with Gasteiger partial charge in [0.1, 0.15) is 5.75 Å². The average molecular weight is 452 g/mol. The second kappa shape index (κ2) is 9.47. The van der Waals surface area contributed by atoms with E-state index in [4.69, 9.17) is 20.5 Å². The summed E-state index contributed by atoms with van der Waals surface area (Å²) in [4.78, 5) is 0.992. The summed E-state index contributed by atoms with van der Waals surface area (Å²) in [5.41, 5.74) is 6.06. The fourth-order valence-corrected chi connectivity index (χ4v) is 4.05. The highest BCUT2D eigenvalue weighted by Crippen LogP contribution is 2.34. The number of benzene rings is 3. The summed E-state index contributed by atoms with van der Waals surface area (Å²) in [6.07, 6.45) is 0. The SMILES string of the molecule is COSc1cccc(Nc2cc(Oc3cc(-c4c(C)cccc4C)[nH]n3)ccc2Cl)c1. The first-order chi connectivity index (χ1) is 15.0. The molecule has 31 heavy (non-hydrogen) atoms. The van der Waals surface area contributed by atoms with Crippen LogP contribution in [0, 0.1) is 13.8 Å². The van der Waals surface area contributed by atoms with Gasteiger partial charge in [0, 0.05) is 40.3 Å². The van der Waals surface area contributed by atoms with Crippen molar-refractivity contribution in [1.29, 1.82) is 0 Å². The van der Waals surface area contributed by atoms with Gasteiger partial charge in [-0.05, 0) is 55.3 Å². The van der Waals surface area contributed by atoms with Gasteiger partial charge in [-0.2, -0.15) is 0 Å². The Balaban J connectivity index is 1.54. The highest BCUT2D eigenvalue weighted by Gasteiger charge is 2.11. The van der Waals surface area contributed by atoms with Gasteiger partial charge in [-0.1, -0.05) is 35.9 Å². The van der Waals surface area contributed by atoms with Crippen LogP contribution in [0.1, 0.15) is 11.1 Å². The number of nitrogens with zero attached hydrogens (tertiary/aromatic N) is 1. The molecule has 0 unspecified atom stereocenters. The van der Waals surface area contributed by atoms with Crippen LogP contribution in [0.25, 0.3) is 11.3 Å². The monoisotopic (exact) mass is 451 g/mol. The number of hydrogen-bond donors (Lipinski definition) is 2. The van der Waals surface area contributed by atoms with Gasteiger partial charge in [0.2, 0.25) is 5.88 Å². The lowest BCUT2D eigenvalue weighted by Gasteiger charge is -2.11. The first kappa shape index (κ1) is 21.3. The van der Waals surface area contributed by atoms with Crippen molar-refractivity contribution in [2.75, 3.05) is 12.4 Å². The summed E-state index contributed by atoms with van der Waals surface area (Å²) in [6.45, 7) is 4.17. The molecule has 7 heteroatoms. The summed E-state index contributed by atoms with van der Waals surface area (Å²) in [6, 6.07) is 21.5. The number of ether oxygens (including phenoxy) is 1. The van der Waals surface area contributed by atoms with Crippen molar-refractivity contribution in [1.82, 2.24) is 10.2 Å². The van der Waals surface area contributed by atoms with Crippen LogP contribution in [0.4, 0.5) is 11.4 Å². The van der Waals surface area contributed by atoms with Gasteiger partial charge in [-0.3, -0.25) is 5.10 Å². The van der Waals surface area contributed by atoms with Crippen LogP contribution < -0.4 is 10.1 Å². The molecule has 5 nitrogen and oxygen atoms in total. The maximum Gasteiger partial charge on any atom is 0.238 e. The Hall–Kier alpha value is -2.93. The molecule has 0 atom stereocenters. The van der Waals surface area contributed by atoms with E-state index in [1.54, 1.807) is 13.2 Å². The minimum absolute atomic E-state index is 0.490. The Bertz CT molecular complexity index is 1190. The smallest absolute Gasteiger partial charge is 0.238 e. The maximum absolute atomic E-state index is 6.40. The average Bonchev–Trinajstić information content (AvgIpc) is 3.19. The van der Waals surface area contributed by atoms with E-state index in [2.05, 4.69) is 41.5 Å². The fourth-order valence-electron chi connectivity index (χ4n) is 3.38. The van der Waals surface area contributed by atoms with E-state index >= 15 is 0 Å². The van der Waals surface area contributed by atoms with Crippen LogP contribution in [0.2, 0.25) is 5.02 Å². The van der Waals surface area contributed by atoms with Crippen LogP contribution in [0.15, 0.2) is 71.6 Å². The van der Waals surface area contributed by atoms with E-state index in [9.17, 15) is 0 Å². The van der Waals surface area contributed by atoms with Crippen LogP contribution >= 0.6 is 23.6 Å². The van der Waals surface area contributed by atoms with E-state index in [1.165, 1.54) is 23.2 Å². The molecule has 2 N–H and O–H groups in total. The van der Waals surface area contributed by atoms with Gasteiger partial charge in [-0.15, -0.1) is 5.10 Å². The van der Waals surface area contributed by atoms with Crippen molar-refractivity contribution < 1.29 is 8.92 Å². The number of aromatic nitrogens is 2. The quantitative estimate of drug-likeness (QED) is 0.284. The lowest BCUT2D eigenvalue weighted by atomic mass is 10.0. The van der Waals surface area contributed by atoms with Gasteiger partial charge in [0.25, 0.3) is 0 Å². The summed E-state index contributed by atoms with van der Waals surface area (Å²) in [7, 11) is 1.64. The lowest BCUT2D eigenvalue weighted by Crippen LogP contribution is -1.93. The molecular weight excluding hydrogens is 430 g/mol. The minimum atomic E-state index is 0.490. The molecule has 158 valence electrons. The molecule has 0 fully saturated rings. The van der Waals surface area contributed by atoms with E-state index in [1.807, 2.05) is 48.5 Å². The predicted octanol–water partition coefficient (Wildman–Crippen LogP) is 7.54. The van der Waals surface area contributed by atoms with E-state index in [0.29, 0.717) is 16.7 Å². The highest BCUT2D eigenvalue weighted by atomic mass is 35.5. The molecule has 0 spiro atoms. The minimum Gasteiger partial charge on any atom is -0.437 e. The molecule has 1 aromatic heterocycles. The second-order valence-electron chi connectivity index (χ2n) is 7.03. The Morgan fingerprint density at radius 3 is 2.52 bits per heavy atom. The fraction of sp³-hybridized carbons (Fsp3) is 0.125. The molecule has 4 aromatic rings. The van der Waals surface area contributed by atoms with Crippen molar-refractivity contribution in [3.63, 3.8) is 0 Å². The normalized spacial score (nSPS) is 10.8. The van der Waals surface area contributed by atoms with Gasteiger partial charge < -0.3 is 14.2 Å². The number of H-pyrrole nitrogens is 1. The van der Waals surface area contributed by atoms with Crippen molar-refractivity contribution in [3.8, 4) is 22.9 Å². The van der Waals surface area contributed by atoms with Crippen LogP contribution in [0.3, 0.4) is 0 Å². The van der Waals surface area contributed by atoms with Gasteiger partial charge in [0.15, 0.2) is 0 Å². The summed E-state index contributed by atoms with van der Waals surface area (Å²) >= 11 is 7.70. The zero-order chi connectivity index (χ0) is 21.8. The van der Waals surface area contributed by atoms with Crippen molar-refractivity contribution in [2.24, 2.45) is 0 Å². The van der Waals surface area contributed by atoms with Crippen molar-refractivity contribution in [2.45, 2.75) is 18.7 Å². The molecule has 0 saturated carbocycles. The number of halogens is 1. The third-order valence-electron chi connectivity index (χ3n) is 4.76. The molecule has 0 aliphatic rings. The predicted molar refractivity (Wildman–Crippen MR) is 128 cm³/mol. The van der Waals surface area contributed by atoms with Gasteiger partial charge >= 0.3 is 0 Å². The largest absolute Gasteiger partial charge is 0.437 e. The number of aromatic amines is 1. The van der Waals surface area contributed by atoms with Gasteiger partial charge in [-0.25, -0.2) is 0 Å². The molecule has 0 radical (unpaired) electrons. The molecular formula is C24H22ClN3O2S. The first-order valence-electron chi connectivity index (χ1n) is 9.70. The number of anilines is 2. The maximum atomic E-state index is 6.40. The van der Waals surface area contributed by atoms with Crippen LogP contribution in [-0.4, -0.2) is 17.3 Å². The molecule has 0 saturated heterocycles. The molecule has 3 aromatic carbocycles. The van der Waals surface area contributed by atoms with E-state index in [-0.39, 0.29) is 0 Å². The second-order valence-corrected chi connectivity index (χ2v) is 8.41. The first-order valence-corrected chi connectivity index (χ1v) is 10.8. The standard InChI is InChI=1S/C24H22ClN3O2S/c1-15-6-4-7-16(2)24(15)22-14-23(28-27-22)30-18-10-11-20(25)21(13-18)26-17-8-5-9-19(12-17)31-29-3/h4-14,26H,1-3H3,(H,27,28). The summed E-state index contributed by atoms with van der Waals surface area (Å²) in [5.74, 6) is 1.12. The van der Waals surface area contributed by atoms with Crippen molar-refractivity contribution >= 4 is 35.0 Å². The van der Waals surface area contributed by atoms with E-state index < -0.39 is 0 Å². The zero-order valence-electron chi connectivity index (χ0n) is 17.4. The summed E-state index contributed by atoms with van der Waals surface area (Å²) in [5, 5.41) is 11.3. The van der Waals surface area contributed by atoms with Crippen LogP contribution in [-0.2, 0) is 4.18 Å². The molecule has 0 aliphatic heterocycles. The molecule has 0 amide bonds.